The van der Waals surface area contributed by atoms with Gasteiger partial charge in [-0.3, -0.25) is 9.20 Å². The van der Waals surface area contributed by atoms with Crippen LogP contribution < -0.4 is 0 Å². The molecule has 29 heavy (non-hydrogen) atoms. The van der Waals surface area contributed by atoms with Gasteiger partial charge in [-0.2, -0.15) is 13.2 Å². The van der Waals surface area contributed by atoms with E-state index < -0.39 is 23.3 Å². The number of hydrogen-bond donors (Lipinski definition) is 0. The normalized spacial score (nSPS) is 16.6. The maximum absolute atomic E-state index is 13.4. The molecular weight excluding hydrogens is 381 g/mol. The second-order valence-corrected chi connectivity index (χ2v) is 7.63. The molecule has 0 saturated carbocycles. The van der Waals surface area contributed by atoms with Crippen LogP contribution in [0, 0.1) is 5.41 Å². The Morgan fingerprint density at radius 2 is 1.86 bits per heavy atom. The molecule has 1 aromatic carbocycles. The first-order valence-electron chi connectivity index (χ1n) is 9.09. The smallest absolute Gasteiger partial charge is 0.431 e. The van der Waals surface area contributed by atoms with Gasteiger partial charge >= 0.3 is 12.1 Å². The van der Waals surface area contributed by atoms with Crippen LogP contribution in [0.5, 0.6) is 0 Å². The van der Waals surface area contributed by atoms with Crippen LogP contribution in [0.3, 0.4) is 0 Å². The summed E-state index contributed by atoms with van der Waals surface area (Å²) in [5, 5.41) is 0. The first kappa shape index (κ1) is 19.2. The van der Waals surface area contributed by atoms with E-state index in [9.17, 15) is 18.0 Å². The Morgan fingerprint density at radius 1 is 1.14 bits per heavy atom. The third-order valence-electron chi connectivity index (χ3n) is 5.51. The highest BCUT2D eigenvalue weighted by molar-refractivity contribution is 5.98. The van der Waals surface area contributed by atoms with Gasteiger partial charge in [0.05, 0.1) is 12.5 Å². The molecule has 4 nitrogen and oxygen atoms in total. The zero-order chi connectivity index (χ0) is 21.0. The fourth-order valence-corrected chi connectivity index (χ4v) is 4.19. The molecule has 0 radical (unpaired) electrons. The van der Waals surface area contributed by atoms with Crippen LogP contribution in [0.4, 0.5) is 13.2 Å². The zero-order valence-corrected chi connectivity index (χ0v) is 16.1. The van der Waals surface area contributed by atoms with Crippen molar-refractivity contribution in [3.63, 3.8) is 0 Å². The van der Waals surface area contributed by atoms with Gasteiger partial charge in [-0.05, 0) is 42.7 Å². The zero-order valence-electron chi connectivity index (χ0n) is 16.1. The van der Waals surface area contributed by atoms with Gasteiger partial charge in [0.1, 0.15) is 11.3 Å². The number of methoxy groups -OCH3 is 1. The highest BCUT2D eigenvalue weighted by Crippen LogP contribution is 2.52. The molecule has 1 unspecified atom stereocenters. The first-order chi connectivity index (χ1) is 13.7. The molecule has 2 heterocycles. The minimum atomic E-state index is -4.50. The maximum atomic E-state index is 13.4. The van der Waals surface area contributed by atoms with Gasteiger partial charge in [0.2, 0.25) is 0 Å². The number of rotatable bonds is 3. The molecule has 1 atom stereocenters. The third-order valence-corrected chi connectivity index (χ3v) is 5.51. The molecule has 1 aliphatic carbocycles. The van der Waals surface area contributed by atoms with Crippen molar-refractivity contribution >= 4 is 23.3 Å². The molecule has 3 aromatic rings. The lowest BCUT2D eigenvalue weighted by atomic mass is 9.71. The molecule has 0 bridgehead atoms. The largest absolute Gasteiger partial charge is 0.469 e. The molecule has 0 N–H and O–H groups in total. The Hall–Kier alpha value is -3.09. The summed E-state index contributed by atoms with van der Waals surface area (Å²) in [5.74, 6) is -0.778. The summed E-state index contributed by atoms with van der Waals surface area (Å²) in [6.07, 6.45) is 0.0547. The molecule has 0 amide bonds. The number of allylic oxidation sites excluding steroid dienone is 1. The summed E-state index contributed by atoms with van der Waals surface area (Å²) in [5.41, 5.74) is 1.63. The fourth-order valence-electron chi connectivity index (χ4n) is 4.19. The van der Waals surface area contributed by atoms with Crippen molar-refractivity contribution in [1.29, 1.82) is 0 Å². The van der Waals surface area contributed by atoms with E-state index in [0.717, 1.165) is 27.2 Å². The van der Waals surface area contributed by atoms with E-state index in [-0.39, 0.29) is 11.6 Å². The Kier molecular flexibility index (Phi) is 4.29. The van der Waals surface area contributed by atoms with Crippen LogP contribution in [-0.4, -0.2) is 22.5 Å². The second-order valence-electron chi connectivity index (χ2n) is 7.63. The predicted octanol–water partition coefficient (Wildman–Crippen LogP) is 5.19. The van der Waals surface area contributed by atoms with Gasteiger partial charge in [-0.25, -0.2) is 4.98 Å². The summed E-state index contributed by atoms with van der Waals surface area (Å²) >= 11 is 0. The van der Waals surface area contributed by atoms with Crippen LogP contribution in [0.25, 0.3) is 17.3 Å². The van der Waals surface area contributed by atoms with E-state index in [2.05, 4.69) is 4.98 Å². The maximum Gasteiger partial charge on any atom is 0.431 e. The van der Waals surface area contributed by atoms with E-state index >= 15 is 0 Å². The Morgan fingerprint density at radius 3 is 2.55 bits per heavy atom. The number of ether oxygens (including phenoxy) is 1. The van der Waals surface area contributed by atoms with Gasteiger partial charge in [-0.1, -0.05) is 30.3 Å². The molecule has 2 aromatic heterocycles. The molecule has 4 rings (SSSR count). The first-order valence-corrected chi connectivity index (χ1v) is 9.09. The second kappa shape index (κ2) is 6.47. The number of pyridine rings is 1. The van der Waals surface area contributed by atoms with E-state index in [1.807, 2.05) is 30.3 Å². The van der Waals surface area contributed by atoms with Crippen LogP contribution in [-0.2, 0) is 15.7 Å². The number of nitrogens with zero attached hydrogens (tertiary/aromatic N) is 2. The summed E-state index contributed by atoms with van der Waals surface area (Å²) in [6.45, 7) is 3.57. The van der Waals surface area contributed by atoms with Gasteiger partial charge < -0.3 is 4.74 Å². The summed E-state index contributed by atoms with van der Waals surface area (Å²) in [6, 6.07) is 10.1. The molecule has 7 heteroatoms. The number of imidazole rings is 1. The molecule has 0 aliphatic heterocycles. The van der Waals surface area contributed by atoms with E-state index in [0.29, 0.717) is 5.56 Å². The fraction of sp³-hybridized carbons (Fsp3) is 0.273. The number of carbonyl (C=O) groups is 1. The average molecular weight is 400 g/mol. The van der Waals surface area contributed by atoms with Crippen molar-refractivity contribution in [3.8, 4) is 0 Å². The van der Waals surface area contributed by atoms with Crippen molar-refractivity contribution in [2.45, 2.75) is 25.9 Å². The van der Waals surface area contributed by atoms with Crippen LogP contribution in [0.15, 0.2) is 48.8 Å². The number of alkyl halides is 3. The third kappa shape index (κ3) is 2.92. The minimum absolute atomic E-state index is 0.199. The summed E-state index contributed by atoms with van der Waals surface area (Å²) in [7, 11) is 1.33. The van der Waals surface area contributed by atoms with Gasteiger partial charge in [0.25, 0.3) is 0 Å². The summed E-state index contributed by atoms with van der Waals surface area (Å²) < 4.78 is 46.3. The SMILES string of the molecule is COC(=O)C(C)(C)C1C(c2ccc(C(F)(F)F)n3ccnc23)=Cc2ccccc21. The van der Waals surface area contributed by atoms with Crippen LogP contribution >= 0.6 is 0 Å². The Labute approximate surface area is 165 Å². The van der Waals surface area contributed by atoms with E-state index in [1.165, 1.54) is 25.6 Å². The van der Waals surface area contributed by atoms with Crippen molar-refractivity contribution in [2.75, 3.05) is 7.11 Å². The molecule has 0 fully saturated rings. The number of halogens is 3. The molecule has 0 saturated heterocycles. The van der Waals surface area contributed by atoms with Gasteiger partial charge in [0, 0.05) is 23.9 Å². The number of hydrogen-bond acceptors (Lipinski definition) is 3. The quantitative estimate of drug-likeness (QED) is 0.569. The number of carbonyl (C=O) groups excluding carboxylic acids is 1. The minimum Gasteiger partial charge on any atom is -0.469 e. The Balaban J connectivity index is 1.95. The number of aromatic nitrogens is 2. The molecule has 0 spiro atoms. The van der Waals surface area contributed by atoms with Crippen molar-refractivity contribution in [2.24, 2.45) is 5.41 Å². The number of fused-ring (bicyclic) bond motifs is 2. The standard InChI is InChI=1S/C22H19F3N2O2/c1-21(2,20(28)29-3)18-14-7-5-4-6-13(14)12-16(18)15-8-9-17(22(23,24)25)27-11-10-26-19(15)27/h4-12,18H,1-3H3. The predicted molar refractivity (Wildman–Crippen MR) is 103 cm³/mol. The van der Waals surface area contributed by atoms with Crippen LogP contribution in [0.1, 0.15) is 42.1 Å². The molecule has 150 valence electrons. The summed E-state index contributed by atoms with van der Waals surface area (Å²) in [4.78, 5) is 16.8. The van der Waals surface area contributed by atoms with Crippen molar-refractivity contribution < 1.29 is 22.7 Å². The topological polar surface area (TPSA) is 43.6 Å². The van der Waals surface area contributed by atoms with Gasteiger partial charge in [-0.15, -0.1) is 0 Å². The average Bonchev–Trinajstić information content (AvgIpc) is 3.30. The van der Waals surface area contributed by atoms with E-state index in [4.69, 9.17) is 4.74 Å². The van der Waals surface area contributed by atoms with Crippen molar-refractivity contribution in [1.82, 2.24) is 9.38 Å². The molecular formula is C22H19F3N2O2. The monoisotopic (exact) mass is 400 g/mol. The number of esters is 1. The van der Waals surface area contributed by atoms with E-state index in [1.54, 1.807) is 13.8 Å². The number of benzene rings is 1. The lowest BCUT2D eigenvalue weighted by molar-refractivity contribution is -0.151. The van der Waals surface area contributed by atoms with Crippen molar-refractivity contribution in [3.05, 3.63) is 71.2 Å². The lowest BCUT2D eigenvalue weighted by Crippen LogP contribution is -2.32. The Bertz CT molecular complexity index is 1140. The van der Waals surface area contributed by atoms with Gasteiger partial charge in [0.15, 0.2) is 0 Å². The highest BCUT2D eigenvalue weighted by Gasteiger charge is 2.45. The molecule has 1 aliphatic rings. The highest BCUT2D eigenvalue weighted by atomic mass is 19.4. The van der Waals surface area contributed by atoms with Crippen LogP contribution in [0.2, 0.25) is 0 Å². The lowest BCUT2D eigenvalue weighted by Gasteiger charge is -2.32.